The van der Waals surface area contributed by atoms with Gasteiger partial charge in [-0.05, 0) is 69.7 Å². The van der Waals surface area contributed by atoms with E-state index in [0.29, 0.717) is 37.3 Å². The van der Waals surface area contributed by atoms with Gasteiger partial charge in [-0.1, -0.05) is 45.0 Å². The number of benzene rings is 1. The van der Waals surface area contributed by atoms with Crippen molar-refractivity contribution >= 4 is 6.09 Å². The molecule has 2 aliphatic heterocycles. The van der Waals surface area contributed by atoms with E-state index < -0.39 is 11.2 Å². The number of likely N-dealkylation sites (tertiary alicyclic amines) is 2. The summed E-state index contributed by atoms with van der Waals surface area (Å²) < 4.78 is 11.7. The number of hydrogen-bond acceptors (Lipinski definition) is 6. The number of nitrogens with zero attached hydrogens (tertiary/aromatic N) is 3. The van der Waals surface area contributed by atoms with Crippen molar-refractivity contribution in [3.05, 3.63) is 59.4 Å². The molecule has 7 heteroatoms. The van der Waals surface area contributed by atoms with Crippen LogP contribution in [-0.4, -0.2) is 71.4 Å². The van der Waals surface area contributed by atoms with Crippen LogP contribution in [0, 0.1) is 11.3 Å². The number of carbonyl (C=O) groups excluding carboxylic acids is 1. The van der Waals surface area contributed by atoms with Crippen LogP contribution >= 0.6 is 0 Å². The Hall–Kier alpha value is -2.64. The molecule has 4 rings (SSSR count). The number of carbonyl (C=O) groups is 1. The maximum absolute atomic E-state index is 12.4. The second-order valence-corrected chi connectivity index (χ2v) is 12.9. The Morgan fingerprint density at radius 3 is 2.29 bits per heavy atom. The lowest BCUT2D eigenvalue weighted by molar-refractivity contribution is -0.127. The highest BCUT2D eigenvalue weighted by atomic mass is 16.6. The average Bonchev–Trinajstić information content (AvgIpc) is 2.85. The van der Waals surface area contributed by atoms with Crippen LogP contribution in [0.1, 0.15) is 77.0 Å². The van der Waals surface area contributed by atoms with E-state index >= 15 is 0 Å². The van der Waals surface area contributed by atoms with Gasteiger partial charge in [0.25, 0.3) is 0 Å². The molecule has 1 aromatic heterocycles. The quantitative estimate of drug-likeness (QED) is 0.522. The number of aliphatic hydroxyl groups is 1. The van der Waals surface area contributed by atoms with Crippen LogP contribution < -0.4 is 4.74 Å². The molecule has 3 heterocycles. The molecule has 38 heavy (non-hydrogen) atoms. The minimum Gasteiger partial charge on any atom is -0.492 e. The number of piperidine rings is 1. The Balaban J connectivity index is 1.46. The van der Waals surface area contributed by atoms with Crippen LogP contribution in [0.4, 0.5) is 4.79 Å². The predicted octanol–water partition coefficient (Wildman–Crippen LogP) is 5.42. The molecule has 0 radical (unpaired) electrons. The normalized spacial score (nSPS) is 20.1. The Morgan fingerprint density at radius 1 is 1.11 bits per heavy atom. The van der Waals surface area contributed by atoms with Gasteiger partial charge in [-0.15, -0.1) is 0 Å². The van der Waals surface area contributed by atoms with Crippen molar-refractivity contribution in [3.8, 4) is 5.75 Å². The van der Waals surface area contributed by atoms with Crippen LogP contribution in [0.25, 0.3) is 0 Å². The largest absolute Gasteiger partial charge is 0.492 e. The molecule has 1 N–H and O–H groups in total. The summed E-state index contributed by atoms with van der Waals surface area (Å²) in [6.45, 7) is 15.6. The zero-order valence-electron chi connectivity index (χ0n) is 24.2. The van der Waals surface area contributed by atoms with E-state index in [-0.39, 0.29) is 11.5 Å². The van der Waals surface area contributed by atoms with Gasteiger partial charge in [0.05, 0.1) is 12.8 Å². The zero-order chi connectivity index (χ0) is 27.7. The van der Waals surface area contributed by atoms with Crippen LogP contribution in [0.5, 0.6) is 5.75 Å². The van der Waals surface area contributed by atoms with Crippen molar-refractivity contribution in [2.24, 2.45) is 11.3 Å². The van der Waals surface area contributed by atoms with Gasteiger partial charge in [0.15, 0.2) is 0 Å². The number of pyridine rings is 1. The van der Waals surface area contributed by atoms with Gasteiger partial charge < -0.3 is 24.4 Å². The Labute approximate surface area is 228 Å². The lowest BCUT2D eigenvalue weighted by atomic mass is 9.62. The lowest BCUT2D eigenvalue weighted by Crippen LogP contribution is -2.63. The fourth-order valence-corrected chi connectivity index (χ4v) is 5.87. The highest BCUT2D eigenvalue weighted by molar-refractivity contribution is 5.68. The van der Waals surface area contributed by atoms with Gasteiger partial charge in [0.1, 0.15) is 17.0 Å². The van der Waals surface area contributed by atoms with Crippen molar-refractivity contribution in [2.75, 3.05) is 39.8 Å². The summed E-state index contributed by atoms with van der Waals surface area (Å²) in [6, 6.07) is 10.3. The molecule has 2 fully saturated rings. The van der Waals surface area contributed by atoms with Crippen LogP contribution in [-0.2, 0) is 10.3 Å². The summed E-state index contributed by atoms with van der Waals surface area (Å²) in [5.41, 5.74) is 0.851. The van der Waals surface area contributed by atoms with Crippen molar-refractivity contribution in [1.29, 1.82) is 0 Å². The summed E-state index contributed by atoms with van der Waals surface area (Å²) in [4.78, 5) is 20.9. The van der Waals surface area contributed by atoms with E-state index in [9.17, 15) is 9.90 Å². The standard InChI is InChI=1S/C31H45N3O4/c1-22(2)24-8-10-25(11-9-24)31(36,30(6)20-33(7)21-30)26-16-27(18-32-17-26)37-19-23-12-14-34(15-13-23)28(35)38-29(3,4)5/h8-11,16-18,22-23,36H,12-15,19-21H2,1-7H3. The molecule has 2 saturated heterocycles. The second-order valence-electron chi connectivity index (χ2n) is 12.9. The third-order valence-corrected chi connectivity index (χ3v) is 7.99. The SMILES string of the molecule is CC(C)c1ccc(C(O)(c2cncc(OCC3CCN(C(=O)OC(C)(C)C)CC3)c2)C2(C)CN(C)C2)cc1. The van der Waals surface area contributed by atoms with Crippen molar-refractivity contribution in [1.82, 2.24) is 14.8 Å². The van der Waals surface area contributed by atoms with Crippen molar-refractivity contribution < 1.29 is 19.4 Å². The van der Waals surface area contributed by atoms with E-state index in [4.69, 9.17) is 9.47 Å². The van der Waals surface area contributed by atoms with Crippen LogP contribution in [0.2, 0.25) is 0 Å². The molecular formula is C31H45N3O4. The molecule has 1 amide bonds. The Bertz CT molecular complexity index is 1100. The van der Waals surface area contributed by atoms with E-state index in [1.165, 1.54) is 5.56 Å². The third kappa shape index (κ3) is 5.99. The van der Waals surface area contributed by atoms with Gasteiger partial charge in [-0.3, -0.25) is 4.98 Å². The molecule has 2 aliphatic rings. The minimum atomic E-state index is -1.19. The topological polar surface area (TPSA) is 75.1 Å². The van der Waals surface area contributed by atoms with Crippen molar-refractivity contribution in [2.45, 2.75) is 71.5 Å². The van der Waals surface area contributed by atoms with Crippen LogP contribution in [0.15, 0.2) is 42.7 Å². The predicted molar refractivity (Wildman–Crippen MR) is 149 cm³/mol. The second kappa shape index (κ2) is 10.9. The smallest absolute Gasteiger partial charge is 0.410 e. The van der Waals surface area contributed by atoms with Gasteiger partial charge >= 0.3 is 6.09 Å². The highest BCUT2D eigenvalue weighted by Gasteiger charge is 2.55. The molecule has 2 aromatic rings. The molecule has 1 aromatic carbocycles. The molecule has 1 unspecified atom stereocenters. The third-order valence-electron chi connectivity index (χ3n) is 7.99. The van der Waals surface area contributed by atoms with E-state index in [1.54, 1.807) is 17.3 Å². The maximum atomic E-state index is 12.4. The molecule has 0 bridgehead atoms. The highest BCUT2D eigenvalue weighted by Crippen LogP contribution is 2.50. The van der Waals surface area contributed by atoms with Gasteiger partial charge in [0.2, 0.25) is 0 Å². The number of hydrogen-bond donors (Lipinski definition) is 1. The maximum Gasteiger partial charge on any atom is 0.410 e. The molecule has 0 aliphatic carbocycles. The molecule has 0 spiro atoms. The van der Waals surface area contributed by atoms with Gasteiger partial charge in [-0.2, -0.15) is 0 Å². The minimum absolute atomic E-state index is 0.246. The number of aromatic nitrogens is 1. The molecule has 7 nitrogen and oxygen atoms in total. The monoisotopic (exact) mass is 523 g/mol. The molecule has 208 valence electrons. The number of ether oxygens (including phenoxy) is 2. The van der Waals surface area contributed by atoms with Crippen LogP contribution in [0.3, 0.4) is 0 Å². The Morgan fingerprint density at radius 2 is 1.74 bits per heavy atom. The first-order valence-corrected chi connectivity index (χ1v) is 13.9. The zero-order valence-corrected chi connectivity index (χ0v) is 24.2. The Kier molecular flexibility index (Phi) is 8.10. The number of rotatable bonds is 7. The number of amides is 1. The summed E-state index contributed by atoms with van der Waals surface area (Å²) >= 11 is 0. The first-order chi connectivity index (χ1) is 17.8. The van der Waals surface area contributed by atoms with Crippen molar-refractivity contribution in [3.63, 3.8) is 0 Å². The summed E-state index contributed by atoms with van der Waals surface area (Å²) in [6.07, 6.45) is 4.97. The fraction of sp³-hybridized carbons (Fsp3) is 0.613. The van der Waals surface area contributed by atoms with Gasteiger partial charge in [-0.25, -0.2) is 4.79 Å². The molecular weight excluding hydrogens is 478 g/mol. The summed E-state index contributed by atoms with van der Waals surface area (Å²) in [7, 11) is 2.08. The molecule has 0 saturated carbocycles. The first-order valence-electron chi connectivity index (χ1n) is 13.9. The summed E-state index contributed by atoms with van der Waals surface area (Å²) in [5.74, 6) is 1.43. The lowest BCUT2D eigenvalue weighted by Gasteiger charge is -2.55. The average molecular weight is 524 g/mol. The van der Waals surface area contributed by atoms with Gasteiger partial charge in [0, 0.05) is 43.4 Å². The van der Waals surface area contributed by atoms with E-state index in [2.05, 4.69) is 62.0 Å². The fourth-order valence-electron chi connectivity index (χ4n) is 5.87. The first kappa shape index (κ1) is 28.4. The van der Waals surface area contributed by atoms with E-state index in [0.717, 1.165) is 37.1 Å². The van der Waals surface area contributed by atoms with E-state index in [1.807, 2.05) is 26.8 Å². The molecule has 1 atom stereocenters. The summed E-state index contributed by atoms with van der Waals surface area (Å²) in [5, 5.41) is 12.4.